The second kappa shape index (κ2) is 4.02. The minimum absolute atomic E-state index is 0.356. The number of rotatable bonds is 1. The quantitative estimate of drug-likeness (QED) is 0.500. The van der Waals surface area contributed by atoms with Crippen LogP contribution in [0.3, 0.4) is 0 Å². The lowest BCUT2D eigenvalue weighted by molar-refractivity contribution is 0.436. The van der Waals surface area contributed by atoms with Gasteiger partial charge in [-0.3, -0.25) is 0 Å². The van der Waals surface area contributed by atoms with E-state index in [-0.39, 0.29) is 5.56 Å². The summed E-state index contributed by atoms with van der Waals surface area (Å²) in [7, 11) is 0. The zero-order valence-corrected chi connectivity index (χ0v) is 9.49. The Hall–Kier alpha value is -1.57. The molecule has 1 aromatic carbocycles. The van der Waals surface area contributed by atoms with Gasteiger partial charge < -0.3 is 10.3 Å². The highest BCUT2D eigenvalue weighted by Crippen LogP contribution is 2.36. The average molecular weight is 311 g/mol. The molecule has 2 rings (SSSR count). The van der Waals surface area contributed by atoms with Crippen molar-refractivity contribution in [2.24, 2.45) is 0 Å². The van der Waals surface area contributed by atoms with Gasteiger partial charge in [-0.2, -0.15) is 0 Å². The van der Waals surface area contributed by atoms with Crippen molar-refractivity contribution in [2.75, 3.05) is 5.73 Å². The minimum atomic E-state index is -1.58. The SMILES string of the molecule is Nc1oncc1-c1c(F)c(F)c(Br)c(F)c1F. The predicted molar refractivity (Wildman–Crippen MR) is 53.9 cm³/mol. The minimum Gasteiger partial charge on any atom is -0.367 e. The van der Waals surface area contributed by atoms with Gasteiger partial charge in [0.25, 0.3) is 0 Å². The van der Waals surface area contributed by atoms with Gasteiger partial charge in [0, 0.05) is 0 Å². The first-order valence-corrected chi connectivity index (χ1v) is 4.96. The molecule has 2 aromatic rings. The Morgan fingerprint density at radius 2 is 1.59 bits per heavy atom. The maximum absolute atomic E-state index is 13.5. The molecule has 17 heavy (non-hydrogen) atoms. The Kier molecular flexibility index (Phi) is 2.82. The van der Waals surface area contributed by atoms with Crippen LogP contribution in [0.15, 0.2) is 15.2 Å². The van der Waals surface area contributed by atoms with Crippen LogP contribution in [0, 0.1) is 23.3 Å². The number of hydrogen-bond acceptors (Lipinski definition) is 3. The molecule has 0 spiro atoms. The zero-order chi connectivity index (χ0) is 12.7. The fourth-order valence-corrected chi connectivity index (χ4v) is 1.63. The summed E-state index contributed by atoms with van der Waals surface area (Å²) in [6.45, 7) is 0. The zero-order valence-electron chi connectivity index (χ0n) is 7.90. The summed E-state index contributed by atoms with van der Waals surface area (Å²) in [6, 6.07) is 0. The van der Waals surface area contributed by atoms with Crippen molar-refractivity contribution in [3.8, 4) is 11.1 Å². The lowest BCUT2D eigenvalue weighted by Gasteiger charge is -2.07. The van der Waals surface area contributed by atoms with Crippen LogP contribution in [0.1, 0.15) is 0 Å². The van der Waals surface area contributed by atoms with Crippen LogP contribution < -0.4 is 5.73 Å². The van der Waals surface area contributed by atoms with E-state index in [1.807, 2.05) is 0 Å². The van der Waals surface area contributed by atoms with Crippen molar-refractivity contribution in [1.29, 1.82) is 0 Å². The normalized spacial score (nSPS) is 10.9. The fraction of sp³-hybridized carbons (Fsp3) is 0. The van der Waals surface area contributed by atoms with Crippen molar-refractivity contribution < 1.29 is 22.1 Å². The molecular formula is C9H3BrF4N2O. The Morgan fingerprint density at radius 3 is 2.00 bits per heavy atom. The molecule has 0 saturated carbocycles. The number of benzene rings is 1. The van der Waals surface area contributed by atoms with Gasteiger partial charge in [0.1, 0.15) is 0 Å². The largest absolute Gasteiger partial charge is 0.367 e. The molecule has 0 bridgehead atoms. The molecule has 0 aliphatic heterocycles. The topological polar surface area (TPSA) is 52.0 Å². The molecule has 2 N–H and O–H groups in total. The summed E-state index contributed by atoms with van der Waals surface area (Å²) in [5.41, 5.74) is 3.92. The van der Waals surface area contributed by atoms with Gasteiger partial charge in [-0.25, -0.2) is 17.6 Å². The van der Waals surface area contributed by atoms with Crippen LogP contribution in [-0.4, -0.2) is 5.16 Å². The van der Waals surface area contributed by atoms with Gasteiger partial charge in [0.15, 0.2) is 23.3 Å². The monoisotopic (exact) mass is 310 g/mol. The maximum atomic E-state index is 13.5. The predicted octanol–water partition coefficient (Wildman–Crippen LogP) is 3.24. The van der Waals surface area contributed by atoms with Gasteiger partial charge >= 0.3 is 0 Å². The van der Waals surface area contributed by atoms with E-state index < -0.39 is 39.2 Å². The van der Waals surface area contributed by atoms with Gasteiger partial charge in [0.2, 0.25) is 5.88 Å². The summed E-state index contributed by atoms with van der Waals surface area (Å²) in [5, 5.41) is 3.17. The van der Waals surface area contributed by atoms with Gasteiger partial charge in [-0.15, -0.1) is 0 Å². The van der Waals surface area contributed by atoms with E-state index in [0.717, 1.165) is 6.20 Å². The number of nitrogens with two attached hydrogens (primary N) is 1. The Morgan fingerprint density at radius 1 is 1.06 bits per heavy atom. The summed E-state index contributed by atoms with van der Waals surface area (Å²) < 4.78 is 56.9. The molecule has 0 fully saturated rings. The summed E-state index contributed by atoms with van der Waals surface area (Å²) in [4.78, 5) is 0. The molecule has 0 unspecified atom stereocenters. The number of nitrogen functional groups attached to an aromatic ring is 1. The summed E-state index contributed by atoms with van der Waals surface area (Å²) >= 11 is 2.40. The average Bonchev–Trinajstić information content (AvgIpc) is 2.71. The first kappa shape index (κ1) is 11.9. The lowest BCUT2D eigenvalue weighted by Crippen LogP contribution is -2.01. The molecule has 0 saturated heterocycles. The molecule has 3 nitrogen and oxygen atoms in total. The standard InChI is InChI=1S/C9H3BrF4N2O/c10-4-7(13)5(11)3(6(12)8(4)14)2-1-16-17-9(2)15/h1H,15H2. The van der Waals surface area contributed by atoms with Gasteiger partial charge in [-0.05, 0) is 15.9 Å². The van der Waals surface area contributed by atoms with Crippen molar-refractivity contribution >= 4 is 21.8 Å². The van der Waals surface area contributed by atoms with Crippen molar-refractivity contribution in [3.63, 3.8) is 0 Å². The van der Waals surface area contributed by atoms with Crippen molar-refractivity contribution in [3.05, 3.63) is 33.9 Å². The van der Waals surface area contributed by atoms with E-state index >= 15 is 0 Å². The first-order chi connectivity index (χ1) is 7.95. The Labute approximate surface area is 100 Å². The van der Waals surface area contributed by atoms with E-state index in [2.05, 4.69) is 25.6 Å². The number of halogens is 5. The van der Waals surface area contributed by atoms with Crippen LogP contribution in [0.5, 0.6) is 0 Å². The van der Waals surface area contributed by atoms with E-state index in [4.69, 9.17) is 5.73 Å². The fourth-order valence-electron chi connectivity index (χ4n) is 1.28. The molecule has 0 aliphatic carbocycles. The second-order valence-corrected chi connectivity index (χ2v) is 3.84. The van der Waals surface area contributed by atoms with Crippen LogP contribution in [0.4, 0.5) is 23.4 Å². The lowest BCUT2D eigenvalue weighted by atomic mass is 10.1. The van der Waals surface area contributed by atoms with Crippen LogP contribution in [-0.2, 0) is 0 Å². The molecule has 0 atom stereocenters. The van der Waals surface area contributed by atoms with E-state index in [1.54, 1.807) is 0 Å². The molecule has 0 radical (unpaired) electrons. The van der Waals surface area contributed by atoms with E-state index in [1.165, 1.54) is 0 Å². The molecule has 1 aromatic heterocycles. The smallest absolute Gasteiger partial charge is 0.230 e. The van der Waals surface area contributed by atoms with Crippen LogP contribution >= 0.6 is 15.9 Å². The Balaban J connectivity index is 2.84. The van der Waals surface area contributed by atoms with Crippen LogP contribution in [0.25, 0.3) is 11.1 Å². The summed E-state index contributed by atoms with van der Waals surface area (Å²) in [5.74, 6) is -6.71. The second-order valence-electron chi connectivity index (χ2n) is 3.05. The number of hydrogen-bond donors (Lipinski definition) is 1. The number of aromatic nitrogens is 1. The summed E-state index contributed by atoms with van der Waals surface area (Å²) in [6.07, 6.45) is 0.865. The van der Waals surface area contributed by atoms with E-state index in [9.17, 15) is 17.6 Å². The molecular weight excluding hydrogens is 308 g/mol. The molecule has 0 aliphatic rings. The van der Waals surface area contributed by atoms with Gasteiger partial charge in [-0.1, -0.05) is 5.16 Å². The number of nitrogens with zero attached hydrogens (tertiary/aromatic N) is 1. The van der Waals surface area contributed by atoms with Crippen molar-refractivity contribution in [1.82, 2.24) is 5.16 Å². The van der Waals surface area contributed by atoms with E-state index in [0.29, 0.717) is 0 Å². The number of anilines is 1. The molecule has 1 heterocycles. The molecule has 0 amide bonds. The maximum Gasteiger partial charge on any atom is 0.230 e. The third-order valence-electron chi connectivity index (χ3n) is 2.08. The van der Waals surface area contributed by atoms with Crippen LogP contribution in [0.2, 0.25) is 0 Å². The van der Waals surface area contributed by atoms with Crippen molar-refractivity contribution in [2.45, 2.75) is 0 Å². The third kappa shape index (κ3) is 1.68. The first-order valence-electron chi connectivity index (χ1n) is 4.17. The highest BCUT2D eigenvalue weighted by molar-refractivity contribution is 9.10. The third-order valence-corrected chi connectivity index (χ3v) is 2.77. The molecule has 90 valence electrons. The molecule has 8 heteroatoms. The highest BCUT2D eigenvalue weighted by atomic mass is 79.9. The highest BCUT2D eigenvalue weighted by Gasteiger charge is 2.27. The van der Waals surface area contributed by atoms with Gasteiger partial charge in [0.05, 0.1) is 21.8 Å². The Bertz CT molecular complexity index is 570.